The molecule has 3 rings (SSSR count). The van der Waals surface area contributed by atoms with Gasteiger partial charge in [-0.1, -0.05) is 18.6 Å². The second-order valence-electron chi connectivity index (χ2n) is 5.49. The maximum absolute atomic E-state index is 13.8. The fourth-order valence-corrected chi connectivity index (χ4v) is 4.09. The van der Waals surface area contributed by atoms with Crippen molar-refractivity contribution in [1.29, 1.82) is 0 Å². The van der Waals surface area contributed by atoms with Crippen molar-refractivity contribution in [3.8, 4) is 0 Å². The summed E-state index contributed by atoms with van der Waals surface area (Å²) in [6.45, 7) is 2.28. The highest BCUT2D eigenvalue weighted by molar-refractivity contribution is 7.99. The van der Waals surface area contributed by atoms with Crippen LogP contribution in [-0.4, -0.2) is 11.8 Å². The van der Waals surface area contributed by atoms with E-state index in [-0.39, 0.29) is 5.82 Å². The van der Waals surface area contributed by atoms with Crippen LogP contribution in [0.15, 0.2) is 23.1 Å². The van der Waals surface area contributed by atoms with Crippen molar-refractivity contribution >= 4 is 11.8 Å². The van der Waals surface area contributed by atoms with Gasteiger partial charge in [0.25, 0.3) is 0 Å². The van der Waals surface area contributed by atoms with E-state index in [0.29, 0.717) is 12.1 Å². The second-order valence-corrected chi connectivity index (χ2v) is 6.60. The maximum atomic E-state index is 13.8. The van der Waals surface area contributed by atoms with E-state index >= 15 is 0 Å². The van der Waals surface area contributed by atoms with Crippen LogP contribution in [0.5, 0.6) is 0 Å². The topological polar surface area (TPSA) is 12.0 Å². The molecule has 3 heteroatoms. The Labute approximate surface area is 113 Å². The fraction of sp³-hybridized carbons (Fsp3) is 0.600. The van der Waals surface area contributed by atoms with Crippen molar-refractivity contribution < 1.29 is 4.39 Å². The number of hydrogen-bond acceptors (Lipinski definition) is 2. The molecule has 1 saturated carbocycles. The molecule has 1 nitrogen and oxygen atoms in total. The summed E-state index contributed by atoms with van der Waals surface area (Å²) in [4.78, 5) is 0.863. The molecule has 2 aliphatic rings. The van der Waals surface area contributed by atoms with Gasteiger partial charge in [0.15, 0.2) is 0 Å². The predicted molar refractivity (Wildman–Crippen MR) is 74.4 cm³/mol. The molecule has 98 valence electrons. The predicted octanol–water partition coefficient (Wildman–Crippen LogP) is 4.14. The number of halogens is 1. The van der Waals surface area contributed by atoms with Crippen LogP contribution < -0.4 is 5.32 Å². The minimum absolute atomic E-state index is 0.0553. The van der Waals surface area contributed by atoms with E-state index in [4.69, 9.17) is 0 Å². The normalized spacial score (nSPS) is 25.3. The SMILES string of the molecule is CC(NC1CCSc2c(F)cccc21)C1CCC1. The highest BCUT2D eigenvalue weighted by Crippen LogP contribution is 2.39. The first-order chi connectivity index (χ1) is 8.75. The lowest BCUT2D eigenvalue weighted by molar-refractivity contribution is 0.224. The van der Waals surface area contributed by atoms with Crippen molar-refractivity contribution in [2.75, 3.05) is 5.75 Å². The number of thioether (sulfide) groups is 1. The van der Waals surface area contributed by atoms with Gasteiger partial charge in [0.2, 0.25) is 0 Å². The second kappa shape index (κ2) is 5.22. The highest BCUT2D eigenvalue weighted by atomic mass is 32.2. The zero-order valence-electron chi connectivity index (χ0n) is 10.8. The lowest BCUT2D eigenvalue weighted by Gasteiger charge is -2.36. The first kappa shape index (κ1) is 12.5. The van der Waals surface area contributed by atoms with Gasteiger partial charge >= 0.3 is 0 Å². The van der Waals surface area contributed by atoms with Crippen molar-refractivity contribution in [3.63, 3.8) is 0 Å². The molecule has 2 unspecified atom stereocenters. The maximum Gasteiger partial charge on any atom is 0.137 e. The highest BCUT2D eigenvalue weighted by Gasteiger charge is 2.29. The van der Waals surface area contributed by atoms with E-state index in [9.17, 15) is 4.39 Å². The molecular weight excluding hydrogens is 245 g/mol. The molecule has 1 aromatic carbocycles. The van der Waals surface area contributed by atoms with Gasteiger partial charge in [0, 0.05) is 17.0 Å². The minimum atomic E-state index is -0.0553. The minimum Gasteiger partial charge on any atom is -0.307 e. The van der Waals surface area contributed by atoms with Crippen LogP contribution in [0.3, 0.4) is 0 Å². The summed E-state index contributed by atoms with van der Waals surface area (Å²) in [5, 5.41) is 3.72. The summed E-state index contributed by atoms with van der Waals surface area (Å²) in [6, 6.07) is 6.39. The van der Waals surface area contributed by atoms with E-state index in [1.54, 1.807) is 17.8 Å². The smallest absolute Gasteiger partial charge is 0.137 e. The summed E-state index contributed by atoms with van der Waals surface area (Å²) in [6.07, 6.45) is 5.19. The van der Waals surface area contributed by atoms with Crippen LogP contribution in [0.2, 0.25) is 0 Å². The van der Waals surface area contributed by atoms with Gasteiger partial charge in [-0.05, 0) is 49.5 Å². The lowest BCUT2D eigenvalue weighted by Crippen LogP contribution is -2.40. The molecule has 1 heterocycles. The largest absolute Gasteiger partial charge is 0.307 e. The Bertz CT molecular complexity index is 431. The number of fused-ring (bicyclic) bond motifs is 1. The summed E-state index contributed by atoms with van der Waals surface area (Å²) in [5.74, 6) is 1.79. The Morgan fingerprint density at radius 1 is 1.33 bits per heavy atom. The molecule has 1 N–H and O–H groups in total. The summed E-state index contributed by atoms with van der Waals surface area (Å²) < 4.78 is 13.8. The molecule has 0 saturated heterocycles. The van der Waals surface area contributed by atoms with Crippen LogP contribution in [0, 0.1) is 11.7 Å². The van der Waals surface area contributed by atoms with Gasteiger partial charge in [0.05, 0.1) is 0 Å². The molecule has 0 bridgehead atoms. The Hall–Kier alpha value is -0.540. The van der Waals surface area contributed by atoms with E-state index in [0.717, 1.165) is 28.6 Å². The number of benzene rings is 1. The standard InChI is InChI=1S/C15H20FNS/c1-10(11-4-2-5-11)17-14-8-9-18-15-12(14)6-3-7-13(15)16/h3,6-7,10-11,14,17H,2,4-5,8-9H2,1H3. The molecule has 0 spiro atoms. The van der Waals surface area contributed by atoms with E-state index in [1.165, 1.54) is 19.3 Å². The summed E-state index contributed by atoms with van der Waals surface area (Å²) in [7, 11) is 0. The van der Waals surface area contributed by atoms with Crippen molar-refractivity contribution in [2.24, 2.45) is 5.92 Å². The first-order valence-corrected chi connectivity index (χ1v) is 7.91. The summed E-state index contributed by atoms with van der Waals surface area (Å²) in [5.41, 5.74) is 1.16. The van der Waals surface area contributed by atoms with Crippen LogP contribution in [0.4, 0.5) is 4.39 Å². The van der Waals surface area contributed by atoms with Gasteiger partial charge < -0.3 is 5.32 Å². The van der Waals surface area contributed by atoms with Gasteiger partial charge in [0.1, 0.15) is 5.82 Å². The molecule has 0 amide bonds. The van der Waals surface area contributed by atoms with Crippen molar-refractivity contribution in [1.82, 2.24) is 5.32 Å². The molecule has 1 aliphatic carbocycles. The first-order valence-electron chi connectivity index (χ1n) is 6.93. The molecule has 1 aliphatic heterocycles. The third-order valence-electron chi connectivity index (χ3n) is 4.35. The van der Waals surface area contributed by atoms with E-state index < -0.39 is 0 Å². The van der Waals surface area contributed by atoms with Gasteiger partial charge in [-0.15, -0.1) is 11.8 Å². The molecule has 1 aromatic rings. The molecular formula is C15H20FNS. The van der Waals surface area contributed by atoms with Crippen LogP contribution in [0.1, 0.15) is 44.2 Å². The molecule has 0 radical (unpaired) electrons. The van der Waals surface area contributed by atoms with Gasteiger partial charge in [-0.2, -0.15) is 0 Å². The Morgan fingerprint density at radius 2 is 2.17 bits per heavy atom. The average Bonchev–Trinajstić information content (AvgIpc) is 2.28. The van der Waals surface area contributed by atoms with Crippen LogP contribution >= 0.6 is 11.8 Å². The zero-order valence-corrected chi connectivity index (χ0v) is 11.6. The molecule has 0 aromatic heterocycles. The van der Waals surface area contributed by atoms with Crippen LogP contribution in [0.25, 0.3) is 0 Å². The number of nitrogens with one attached hydrogen (secondary N) is 1. The van der Waals surface area contributed by atoms with Crippen LogP contribution in [-0.2, 0) is 0 Å². The lowest BCUT2D eigenvalue weighted by atomic mass is 9.80. The summed E-state index contributed by atoms with van der Waals surface area (Å²) >= 11 is 1.66. The van der Waals surface area contributed by atoms with E-state index in [2.05, 4.69) is 18.3 Å². The monoisotopic (exact) mass is 265 g/mol. The number of rotatable bonds is 3. The fourth-order valence-electron chi connectivity index (χ4n) is 2.95. The van der Waals surface area contributed by atoms with E-state index in [1.807, 2.05) is 6.07 Å². The van der Waals surface area contributed by atoms with Gasteiger partial charge in [-0.25, -0.2) is 4.39 Å². The average molecular weight is 265 g/mol. The quantitative estimate of drug-likeness (QED) is 0.881. The Morgan fingerprint density at radius 3 is 2.89 bits per heavy atom. The number of hydrogen-bond donors (Lipinski definition) is 1. The zero-order chi connectivity index (χ0) is 12.5. The Balaban J connectivity index is 1.76. The molecule has 1 fully saturated rings. The third-order valence-corrected chi connectivity index (χ3v) is 5.51. The van der Waals surface area contributed by atoms with Crippen molar-refractivity contribution in [2.45, 2.75) is 49.6 Å². The third kappa shape index (κ3) is 2.30. The molecule has 18 heavy (non-hydrogen) atoms. The molecule has 2 atom stereocenters. The Kier molecular flexibility index (Phi) is 3.62. The van der Waals surface area contributed by atoms with Crippen molar-refractivity contribution in [3.05, 3.63) is 29.6 Å². The van der Waals surface area contributed by atoms with Gasteiger partial charge in [-0.3, -0.25) is 0 Å².